The van der Waals surface area contributed by atoms with Crippen LogP contribution in [0.3, 0.4) is 0 Å². The van der Waals surface area contributed by atoms with Gasteiger partial charge in [-0.2, -0.15) is 9.50 Å². The lowest BCUT2D eigenvalue weighted by Crippen LogP contribution is -2.23. The van der Waals surface area contributed by atoms with E-state index in [-0.39, 0.29) is 5.56 Å². The minimum absolute atomic E-state index is 0.156. The summed E-state index contributed by atoms with van der Waals surface area (Å²) in [7, 11) is 0. The molecule has 0 N–H and O–H groups in total. The maximum absolute atomic E-state index is 12.5. The number of halogens is 1. The molecule has 2 aromatic carbocycles. The topological polar surface area (TPSA) is 47.3 Å². The average Bonchev–Trinajstić information content (AvgIpc) is 3.10. The summed E-state index contributed by atoms with van der Waals surface area (Å²) in [4.78, 5) is 17.6. The van der Waals surface area contributed by atoms with Gasteiger partial charge in [0.1, 0.15) is 0 Å². The van der Waals surface area contributed by atoms with Crippen molar-refractivity contribution in [3.63, 3.8) is 0 Å². The van der Waals surface area contributed by atoms with Crippen LogP contribution in [0.4, 0.5) is 0 Å². The predicted octanol–water partition coefficient (Wildman–Crippen LogP) is 3.33. The van der Waals surface area contributed by atoms with Crippen molar-refractivity contribution in [3.8, 4) is 11.4 Å². The molecule has 2 aromatic heterocycles. The highest BCUT2D eigenvalue weighted by molar-refractivity contribution is 7.15. The summed E-state index contributed by atoms with van der Waals surface area (Å²) in [5.74, 6) is 0.503. The monoisotopic (exact) mass is 353 g/mol. The smallest absolute Gasteiger partial charge is 0.266 e. The van der Waals surface area contributed by atoms with Gasteiger partial charge in [0, 0.05) is 10.6 Å². The summed E-state index contributed by atoms with van der Waals surface area (Å²) >= 11 is 7.33. The SMILES string of the molecule is Cc1ccc(C=c2sc3nc(-c4cccc(Cl)c4)nn3c2=O)cc1. The molecule has 4 rings (SSSR count). The third kappa shape index (κ3) is 2.72. The highest BCUT2D eigenvalue weighted by Gasteiger charge is 2.12. The van der Waals surface area contributed by atoms with Crippen LogP contribution in [-0.2, 0) is 0 Å². The molecule has 0 amide bonds. The van der Waals surface area contributed by atoms with Crippen LogP contribution >= 0.6 is 22.9 Å². The Morgan fingerprint density at radius 3 is 2.67 bits per heavy atom. The van der Waals surface area contributed by atoms with Crippen molar-refractivity contribution >= 4 is 34.0 Å². The lowest BCUT2D eigenvalue weighted by atomic mass is 10.1. The van der Waals surface area contributed by atoms with Gasteiger partial charge in [0.05, 0.1) is 4.53 Å². The second-order valence-corrected chi connectivity index (χ2v) is 6.91. The first-order valence-electron chi connectivity index (χ1n) is 7.34. The molecule has 0 saturated carbocycles. The fourth-order valence-electron chi connectivity index (χ4n) is 2.40. The summed E-state index contributed by atoms with van der Waals surface area (Å²) in [5.41, 5.74) is 2.80. The minimum Gasteiger partial charge on any atom is -0.266 e. The molecule has 4 aromatic rings. The fraction of sp³-hybridized carbons (Fsp3) is 0.0556. The maximum atomic E-state index is 12.5. The van der Waals surface area contributed by atoms with Crippen molar-refractivity contribution in [1.29, 1.82) is 0 Å². The van der Waals surface area contributed by atoms with Crippen LogP contribution in [0.1, 0.15) is 11.1 Å². The Bertz CT molecular complexity index is 1150. The Hall–Kier alpha value is -2.50. The number of nitrogens with zero attached hydrogens (tertiary/aromatic N) is 3. The molecule has 0 fully saturated rings. The van der Waals surface area contributed by atoms with Crippen molar-refractivity contribution in [2.75, 3.05) is 0 Å². The molecular formula is C18H12ClN3OS. The van der Waals surface area contributed by atoms with E-state index in [0.717, 1.165) is 11.1 Å². The van der Waals surface area contributed by atoms with Gasteiger partial charge in [-0.3, -0.25) is 4.79 Å². The molecule has 0 aliphatic rings. The Balaban J connectivity index is 1.81. The van der Waals surface area contributed by atoms with Crippen molar-refractivity contribution in [3.05, 3.63) is 79.6 Å². The number of benzene rings is 2. The van der Waals surface area contributed by atoms with Crippen LogP contribution in [0.2, 0.25) is 5.02 Å². The molecule has 0 bridgehead atoms. The number of aromatic nitrogens is 3. The number of fused-ring (bicyclic) bond motifs is 1. The largest absolute Gasteiger partial charge is 0.291 e. The molecule has 118 valence electrons. The molecule has 6 heteroatoms. The van der Waals surface area contributed by atoms with Crippen molar-refractivity contribution in [2.24, 2.45) is 0 Å². The van der Waals surface area contributed by atoms with Crippen LogP contribution in [-0.4, -0.2) is 14.6 Å². The van der Waals surface area contributed by atoms with Gasteiger partial charge < -0.3 is 0 Å². The van der Waals surface area contributed by atoms with Crippen molar-refractivity contribution < 1.29 is 0 Å². The summed E-state index contributed by atoms with van der Waals surface area (Å²) in [6.07, 6.45) is 1.86. The molecule has 2 heterocycles. The van der Waals surface area contributed by atoms with Gasteiger partial charge in [-0.25, -0.2) is 0 Å². The Labute approximate surface area is 146 Å². The molecule has 0 aliphatic heterocycles. The lowest BCUT2D eigenvalue weighted by molar-refractivity contribution is 0.937. The van der Waals surface area contributed by atoms with Crippen LogP contribution < -0.4 is 10.1 Å². The van der Waals surface area contributed by atoms with E-state index in [1.54, 1.807) is 12.1 Å². The normalized spacial score (nSPS) is 12.2. The zero-order valence-corrected chi connectivity index (χ0v) is 14.3. The second-order valence-electron chi connectivity index (χ2n) is 5.47. The minimum atomic E-state index is -0.156. The number of rotatable bonds is 2. The van der Waals surface area contributed by atoms with Gasteiger partial charge >= 0.3 is 0 Å². The third-order valence-electron chi connectivity index (χ3n) is 3.64. The molecule has 0 atom stereocenters. The Morgan fingerprint density at radius 1 is 1.17 bits per heavy atom. The summed E-state index contributed by atoms with van der Waals surface area (Å²) in [5, 5.41) is 4.94. The van der Waals surface area contributed by atoms with Crippen molar-refractivity contribution in [1.82, 2.24) is 14.6 Å². The van der Waals surface area contributed by atoms with Crippen molar-refractivity contribution in [2.45, 2.75) is 6.92 Å². The maximum Gasteiger partial charge on any atom is 0.291 e. The van der Waals surface area contributed by atoms with E-state index in [1.165, 1.54) is 21.4 Å². The van der Waals surface area contributed by atoms with Gasteiger partial charge in [-0.15, -0.1) is 5.10 Å². The van der Waals surface area contributed by atoms with Gasteiger partial charge in [0.25, 0.3) is 5.56 Å². The Morgan fingerprint density at radius 2 is 1.96 bits per heavy atom. The number of hydrogen-bond acceptors (Lipinski definition) is 4. The summed E-state index contributed by atoms with van der Waals surface area (Å²) < 4.78 is 1.97. The van der Waals surface area contributed by atoms with Crippen LogP contribution in [0.5, 0.6) is 0 Å². The van der Waals surface area contributed by atoms with Gasteiger partial charge in [0.15, 0.2) is 5.82 Å². The first-order valence-corrected chi connectivity index (χ1v) is 8.53. The van der Waals surface area contributed by atoms with E-state index in [4.69, 9.17) is 11.6 Å². The molecule has 0 unspecified atom stereocenters. The second kappa shape index (κ2) is 5.85. The van der Waals surface area contributed by atoms with E-state index in [0.29, 0.717) is 20.3 Å². The molecule has 4 nitrogen and oxygen atoms in total. The molecule has 0 radical (unpaired) electrons. The average molecular weight is 354 g/mol. The van der Waals surface area contributed by atoms with Crippen LogP contribution in [0.25, 0.3) is 22.4 Å². The molecular weight excluding hydrogens is 342 g/mol. The third-order valence-corrected chi connectivity index (χ3v) is 4.83. The van der Waals surface area contributed by atoms with Gasteiger partial charge in [0.2, 0.25) is 4.96 Å². The van der Waals surface area contributed by atoms with Gasteiger partial charge in [-0.05, 0) is 30.7 Å². The summed E-state index contributed by atoms with van der Waals surface area (Å²) in [6.45, 7) is 2.03. The van der Waals surface area contributed by atoms with E-state index in [9.17, 15) is 4.79 Å². The van der Waals surface area contributed by atoms with E-state index in [2.05, 4.69) is 10.1 Å². The number of thiazole rings is 1. The zero-order chi connectivity index (χ0) is 16.7. The zero-order valence-electron chi connectivity index (χ0n) is 12.7. The highest BCUT2D eigenvalue weighted by Crippen LogP contribution is 2.20. The van der Waals surface area contributed by atoms with Crippen LogP contribution in [0.15, 0.2) is 53.3 Å². The van der Waals surface area contributed by atoms with E-state index < -0.39 is 0 Å². The lowest BCUT2D eigenvalue weighted by Gasteiger charge is -1.94. The molecule has 0 aliphatic carbocycles. The quantitative estimate of drug-likeness (QED) is 0.555. The van der Waals surface area contributed by atoms with Gasteiger partial charge in [-0.1, -0.05) is 64.9 Å². The number of hydrogen-bond donors (Lipinski definition) is 0. The predicted molar refractivity (Wildman–Crippen MR) is 97.5 cm³/mol. The highest BCUT2D eigenvalue weighted by atomic mass is 35.5. The Kier molecular flexibility index (Phi) is 3.67. The van der Waals surface area contributed by atoms with E-state index in [1.807, 2.05) is 49.4 Å². The standard InChI is InChI=1S/C18H12ClN3OS/c1-11-5-7-12(8-6-11)9-15-17(23)22-18(24-15)20-16(21-22)13-3-2-4-14(19)10-13/h2-10H,1H3. The molecule has 24 heavy (non-hydrogen) atoms. The summed E-state index contributed by atoms with van der Waals surface area (Å²) in [6, 6.07) is 15.3. The molecule has 0 spiro atoms. The molecule has 0 saturated heterocycles. The fourth-order valence-corrected chi connectivity index (χ4v) is 3.50. The number of aryl methyl sites for hydroxylation is 1. The van der Waals surface area contributed by atoms with Crippen LogP contribution in [0, 0.1) is 6.92 Å². The first-order chi connectivity index (χ1) is 11.6. The van der Waals surface area contributed by atoms with E-state index >= 15 is 0 Å². The first kappa shape index (κ1) is 15.1.